The monoisotopic (exact) mass is 321 g/mol. The van der Waals surface area contributed by atoms with Gasteiger partial charge < -0.3 is 5.32 Å². The Kier molecular flexibility index (Phi) is 3.60. The number of benzene rings is 1. The summed E-state index contributed by atoms with van der Waals surface area (Å²) in [5.74, 6) is -0.167. The lowest BCUT2D eigenvalue weighted by atomic mass is 10.3. The highest BCUT2D eigenvalue weighted by Crippen LogP contribution is 2.25. The van der Waals surface area contributed by atoms with E-state index in [1.807, 2.05) is 18.3 Å². The van der Waals surface area contributed by atoms with Gasteiger partial charge in [0.1, 0.15) is 4.32 Å². The minimum absolute atomic E-state index is 0.167. The molecule has 1 fully saturated rings. The van der Waals surface area contributed by atoms with Gasteiger partial charge in [-0.1, -0.05) is 35.6 Å². The number of hydrogen-bond donors (Lipinski definition) is 1. The van der Waals surface area contributed by atoms with E-state index in [0.29, 0.717) is 14.2 Å². The first-order chi connectivity index (χ1) is 9.61. The van der Waals surface area contributed by atoms with Crippen LogP contribution in [0.25, 0.3) is 11.8 Å². The average molecular weight is 322 g/mol. The van der Waals surface area contributed by atoms with Crippen molar-refractivity contribution >= 4 is 51.9 Å². The van der Waals surface area contributed by atoms with Gasteiger partial charge in [0.25, 0.3) is 5.91 Å². The average Bonchev–Trinajstić information content (AvgIpc) is 2.98. The van der Waals surface area contributed by atoms with E-state index in [1.54, 1.807) is 29.1 Å². The van der Waals surface area contributed by atoms with Crippen molar-refractivity contribution in [2.75, 3.05) is 0 Å². The van der Waals surface area contributed by atoms with Gasteiger partial charge in [-0.3, -0.25) is 4.79 Å². The van der Waals surface area contributed by atoms with Crippen LogP contribution in [-0.4, -0.2) is 20.0 Å². The number of nitrogens with one attached hydrogen (secondary N) is 1. The second-order valence-corrected chi connectivity index (χ2v) is 6.20. The quantitative estimate of drug-likeness (QED) is 0.682. The van der Waals surface area contributed by atoms with Crippen molar-refractivity contribution in [2.24, 2.45) is 0 Å². The molecule has 0 saturated carbocycles. The molecule has 1 aliphatic rings. The van der Waals surface area contributed by atoms with Crippen LogP contribution in [-0.2, 0) is 4.79 Å². The smallest absolute Gasteiger partial charge is 0.263 e. The number of aromatic nitrogens is 2. The molecule has 7 heteroatoms. The molecule has 2 aromatic rings. The summed E-state index contributed by atoms with van der Waals surface area (Å²) in [6, 6.07) is 7.35. The first-order valence-electron chi connectivity index (χ1n) is 5.67. The molecule has 1 aliphatic heterocycles. The van der Waals surface area contributed by atoms with E-state index >= 15 is 0 Å². The summed E-state index contributed by atoms with van der Waals surface area (Å²) in [7, 11) is 0. The molecule has 0 spiro atoms. The van der Waals surface area contributed by atoms with Crippen molar-refractivity contribution in [1.29, 1.82) is 0 Å². The van der Waals surface area contributed by atoms with Crippen molar-refractivity contribution in [2.45, 2.75) is 0 Å². The number of carbonyl (C=O) groups is 1. The number of nitrogens with zero attached hydrogens (tertiary/aromatic N) is 2. The van der Waals surface area contributed by atoms with E-state index < -0.39 is 0 Å². The van der Waals surface area contributed by atoms with Crippen LogP contribution in [0.5, 0.6) is 0 Å². The van der Waals surface area contributed by atoms with Gasteiger partial charge in [0.2, 0.25) is 0 Å². The summed E-state index contributed by atoms with van der Waals surface area (Å²) < 4.78 is 2.20. The predicted molar refractivity (Wildman–Crippen MR) is 84.9 cm³/mol. The molecule has 3 rings (SSSR count). The maximum Gasteiger partial charge on any atom is 0.263 e. The maximum absolute atomic E-state index is 11.6. The highest BCUT2D eigenvalue weighted by Gasteiger charge is 2.22. The zero-order chi connectivity index (χ0) is 14.1. The van der Waals surface area contributed by atoms with Crippen molar-refractivity contribution in [3.05, 3.63) is 52.2 Å². The van der Waals surface area contributed by atoms with Crippen molar-refractivity contribution in [1.82, 2.24) is 15.1 Å². The van der Waals surface area contributed by atoms with Crippen LogP contribution in [0.3, 0.4) is 0 Å². The largest absolute Gasteiger partial charge is 0.307 e. The molecule has 1 aromatic carbocycles. The lowest BCUT2D eigenvalue weighted by molar-refractivity contribution is -0.115. The predicted octanol–water partition coefficient (Wildman–Crippen LogP) is 3.01. The van der Waals surface area contributed by atoms with E-state index in [4.69, 9.17) is 23.8 Å². The lowest BCUT2D eigenvalue weighted by Gasteiger charge is -1.99. The molecular weight excluding hydrogens is 314 g/mol. The summed E-state index contributed by atoms with van der Waals surface area (Å²) in [6.45, 7) is 0. The van der Waals surface area contributed by atoms with E-state index in [1.165, 1.54) is 11.8 Å². The number of amides is 1. The minimum atomic E-state index is -0.167. The van der Waals surface area contributed by atoms with E-state index in [-0.39, 0.29) is 5.91 Å². The number of rotatable bonds is 2. The molecule has 1 aromatic heterocycles. The molecule has 1 saturated heterocycles. The van der Waals surface area contributed by atoms with Crippen LogP contribution in [0, 0.1) is 0 Å². The van der Waals surface area contributed by atoms with Crippen LogP contribution >= 0.6 is 35.6 Å². The summed E-state index contributed by atoms with van der Waals surface area (Å²) in [6.07, 6.45) is 5.29. The van der Waals surface area contributed by atoms with Gasteiger partial charge in [-0.15, -0.1) is 0 Å². The van der Waals surface area contributed by atoms with Crippen LogP contribution in [0.2, 0.25) is 5.02 Å². The molecule has 4 nitrogen and oxygen atoms in total. The number of thiocarbonyl (C=S) groups is 1. The van der Waals surface area contributed by atoms with Gasteiger partial charge >= 0.3 is 0 Å². The molecule has 0 bridgehead atoms. The molecule has 1 N–H and O–H groups in total. The van der Waals surface area contributed by atoms with Crippen molar-refractivity contribution < 1.29 is 4.79 Å². The molecule has 20 heavy (non-hydrogen) atoms. The Hall–Kier alpha value is -1.63. The van der Waals surface area contributed by atoms with Crippen LogP contribution in [0.15, 0.2) is 41.6 Å². The number of halogens is 1. The first kappa shape index (κ1) is 13.4. The standard InChI is InChI=1S/C13H8ClN3OS2/c14-9-1-3-10(4-2-9)17-7-8(6-15-17)5-11-12(18)16-13(19)20-11/h1-7H,(H,16,18,19)/b11-5+. The Bertz CT molecular complexity index is 721. The Morgan fingerprint density at radius 2 is 2.10 bits per heavy atom. The topological polar surface area (TPSA) is 46.9 Å². The summed E-state index contributed by atoms with van der Waals surface area (Å²) >= 11 is 12.0. The third kappa shape index (κ3) is 2.77. The SMILES string of the molecule is O=C1NC(=S)S/C1=C/c1cnn(-c2ccc(Cl)cc2)c1. The minimum Gasteiger partial charge on any atom is -0.307 e. The fraction of sp³-hybridized carbons (Fsp3) is 0. The van der Waals surface area contributed by atoms with Crippen molar-refractivity contribution in [3.63, 3.8) is 0 Å². The molecule has 2 heterocycles. The van der Waals surface area contributed by atoms with Crippen LogP contribution < -0.4 is 5.32 Å². The van der Waals surface area contributed by atoms with Gasteiger partial charge in [-0.25, -0.2) is 4.68 Å². The number of hydrogen-bond acceptors (Lipinski definition) is 4. The fourth-order valence-electron chi connectivity index (χ4n) is 1.72. The van der Waals surface area contributed by atoms with Gasteiger partial charge in [-0.2, -0.15) is 5.10 Å². The third-order valence-corrected chi connectivity index (χ3v) is 4.05. The van der Waals surface area contributed by atoms with E-state index in [9.17, 15) is 4.79 Å². The Morgan fingerprint density at radius 3 is 2.75 bits per heavy atom. The van der Waals surface area contributed by atoms with Gasteiger partial charge in [0.15, 0.2) is 0 Å². The van der Waals surface area contributed by atoms with E-state index in [2.05, 4.69) is 10.4 Å². The van der Waals surface area contributed by atoms with E-state index in [0.717, 1.165) is 11.3 Å². The van der Waals surface area contributed by atoms with Crippen molar-refractivity contribution in [3.8, 4) is 5.69 Å². The molecular formula is C13H8ClN3OS2. The van der Waals surface area contributed by atoms with Crippen LogP contribution in [0.1, 0.15) is 5.56 Å². The van der Waals surface area contributed by atoms with Crippen LogP contribution in [0.4, 0.5) is 0 Å². The molecule has 0 unspecified atom stereocenters. The summed E-state index contributed by atoms with van der Waals surface area (Å²) in [5.41, 5.74) is 1.74. The summed E-state index contributed by atoms with van der Waals surface area (Å²) in [4.78, 5) is 12.1. The maximum atomic E-state index is 11.6. The second-order valence-electron chi connectivity index (χ2n) is 4.05. The lowest BCUT2D eigenvalue weighted by Crippen LogP contribution is -2.17. The highest BCUT2D eigenvalue weighted by atomic mass is 35.5. The molecule has 100 valence electrons. The third-order valence-electron chi connectivity index (χ3n) is 2.63. The molecule has 0 aliphatic carbocycles. The summed E-state index contributed by atoms with van der Waals surface area (Å²) in [5, 5.41) is 7.51. The molecule has 0 atom stereocenters. The molecule has 0 radical (unpaired) electrons. The van der Waals surface area contributed by atoms with Gasteiger partial charge in [0.05, 0.1) is 16.8 Å². The zero-order valence-corrected chi connectivity index (χ0v) is 12.4. The second kappa shape index (κ2) is 5.40. The number of carbonyl (C=O) groups excluding carboxylic acids is 1. The Labute approximate surface area is 129 Å². The fourth-order valence-corrected chi connectivity index (χ4v) is 2.89. The first-order valence-corrected chi connectivity index (χ1v) is 7.27. The number of thioether (sulfide) groups is 1. The van der Waals surface area contributed by atoms with Gasteiger partial charge in [-0.05, 0) is 30.3 Å². The highest BCUT2D eigenvalue weighted by molar-refractivity contribution is 8.26. The Morgan fingerprint density at radius 1 is 1.35 bits per heavy atom. The van der Waals surface area contributed by atoms with Gasteiger partial charge in [0, 0.05) is 16.8 Å². The molecule has 1 amide bonds. The Balaban J connectivity index is 1.87. The zero-order valence-electron chi connectivity index (χ0n) is 10.0. The normalized spacial score (nSPS) is 16.8.